The highest BCUT2D eigenvalue weighted by atomic mass is 14.2. The molecule has 12 heavy (non-hydrogen) atoms. The highest BCUT2D eigenvalue weighted by Gasteiger charge is 2.11. The van der Waals surface area contributed by atoms with E-state index >= 15 is 0 Å². The Morgan fingerprint density at radius 3 is 2.17 bits per heavy atom. The Bertz CT molecular complexity index is 80.0. The molecule has 0 aromatic heterocycles. The molecule has 0 saturated heterocycles. The highest BCUT2D eigenvalue weighted by molar-refractivity contribution is 4.65. The summed E-state index contributed by atoms with van der Waals surface area (Å²) in [7, 11) is 0. The van der Waals surface area contributed by atoms with Crippen molar-refractivity contribution in [3.63, 3.8) is 0 Å². The van der Waals surface area contributed by atoms with Gasteiger partial charge in [0.1, 0.15) is 0 Å². The van der Waals surface area contributed by atoms with E-state index < -0.39 is 0 Å². The summed E-state index contributed by atoms with van der Waals surface area (Å²) >= 11 is 0. The second kappa shape index (κ2) is 8.83. The molecule has 0 radical (unpaired) electrons. The number of hydrogen-bond donors (Lipinski definition) is 0. The maximum absolute atomic E-state index is 3.00. The van der Waals surface area contributed by atoms with Gasteiger partial charge in [0.15, 0.2) is 0 Å². The summed E-state index contributed by atoms with van der Waals surface area (Å²) in [5.41, 5.74) is 0. The van der Waals surface area contributed by atoms with Crippen molar-refractivity contribution in [2.45, 2.75) is 58.3 Å². The minimum Gasteiger partial charge on any atom is -0.106 e. The van der Waals surface area contributed by atoms with Crippen LogP contribution in [0.4, 0.5) is 0 Å². The maximum Gasteiger partial charge on any atom is -0.0414 e. The van der Waals surface area contributed by atoms with Gasteiger partial charge in [-0.25, -0.2) is 0 Å². The molecule has 0 bridgehead atoms. The first-order valence-electron chi connectivity index (χ1n) is 5.43. The Morgan fingerprint density at radius 1 is 1.08 bits per heavy atom. The first kappa shape index (κ1) is 11.7. The summed E-state index contributed by atoms with van der Waals surface area (Å²) < 4.78 is 0. The zero-order valence-corrected chi connectivity index (χ0v) is 8.65. The molecule has 0 aromatic carbocycles. The minimum atomic E-state index is 1.11. The van der Waals surface area contributed by atoms with Gasteiger partial charge in [-0.2, -0.15) is 0 Å². The molecule has 0 unspecified atom stereocenters. The van der Waals surface area contributed by atoms with E-state index in [1.165, 1.54) is 51.4 Å². The topological polar surface area (TPSA) is 0 Å². The Balaban J connectivity index is 0.000000561. The fourth-order valence-electron chi connectivity index (χ4n) is 1.97. The lowest BCUT2D eigenvalue weighted by atomic mass is 9.86. The molecule has 1 saturated carbocycles. The maximum atomic E-state index is 3.00. The van der Waals surface area contributed by atoms with Crippen LogP contribution in [0, 0.1) is 5.92 Å². The van der Waals surface area contributed by atoms with Crippen molar-refractivity contribution >= 4 is 0 Å². The van der Waals surface area contributed by atoms with Crippen LogP contribution in [0.25, 0.3) is 0 Å². The average molecular weight is 168 g/mol. The van der Waals surface area contributed by atoms with E-state index in [9.17, 15) is 0 Å². The summed E-state index contributed by atoms with van der Waals surface area (Å²) in [4.78, 5) is 0. The summed E-state index contributed by atoms with van der Waals surface area (Å²) in [6, 6.07) is 0. The molecular formula is C12H24. The van der Waals surface area contributed by atoms with Crippen molar-refractivity contribution in [1.82, 2.24) is 0 Å². The number of rotatable bonds is 3. The van der Waals surface area contributed by atoms with Crippen LogP contribution in [-0.2, 0) is 0 Å². The zero-order chi connectivity index (χ0) is 9.23. The van der Waals surface area contributed by atoms with E-state index in [4.69, 9.17) is 0 Å². The van der Waals surface area contributed by atoms with Gasteiger partial charge in [0.25, 0.3) is 0 Å². The van der Waals surface area contributed by atoms with E-state index in [-0.39, 0.29) is 0 Å². The largest absolute Gasteiger partial charge is 0.106 e. The van der Waals surface area contributed by atoms with Gasteiger partial charge in [-0.1, -0.05) is 58.3 Å². The minimum absolute atomic E-state index is 1.11. The van der Waals surface area contributed by atoms with Gasteiger partial charge in [-0.3, -0.25) is 0 Å². The van der Waals surface area contributed by atoms with E-state index in [1.54, 1.807) is 0 Å². The van der Waals surface area contributed by atoms with Gasteiger partial charge >= 0.3 is 0 Å². The molecule has 1 aliphatic carbocycles. The highest BCUT2D eigenvalue weighted by Crippen LogP contribution is 2.27. The molecule has 0 amide bonds. The number of hydrogen-bond acceptors (Lipinski definition) is 0. The van der Waals surface area contributed by atoms with E-state index in [2.05, 4.69) is 20.1 Å². The van der Waals surface area contributed by atoms with Gasteiger partial charge in [0.2, 0.25) is 0 Å². The summed E-state index contributed by atoms with van der Waals surface area (Å²) in [5.74, 6) is 1.11. The first-order valence-corrected chi connectivity index (χ1v) is 5.43. The molecule has 0 atom stereocenters. The van der Waals surface area contributed by atoms with Crippen LogP contribution in [0.3, 0.4) is 0 Å². The van der Waals surface area contributed by atoms with Crippen LogP contribution in [0.2, 0.25) is 0 Å². The van der Waals surface area contributed by atoms with Crippen molar-refractivity contribution in [3.05, 3.63) is 13.2 Å². The van der Waals surface area contributed by atoms with Crippen LogP contribution in [-0.4, -0.2) is 0 Å². The monoisotopic (exact) mass is 168 g/mol. The molecule has 0 spiro atoms. The number of unbranched alkanes of at least 4 members (excludes halogenated alkanes) is 1. The lowest BCUT2D eigenvalue weighted by Crippen LogP contribution is -2.05. The third kappa shape index (κ3) is 5.40. The average Bonchev–Trinajstić information content (AvgIpc) is 2.19. The molecular weight excluding hydrogens is 144 g/mol. The Hall–Kier alpha value is -0.260. The van der Waals surface area contributed by atoms with E-state index in [0.29, 0.717) is 0 Å². The van der Waals surface area contributed by atoms with Crippen LogP contribution >= 0.6 is 0 Å². The zero-order valence-electron chi connectivity index (χ0n) is 8.65. The Morgan fingerprint density at radius 2 is 1.67 bits per heavy atom. The molecule has 1 fully saturated rings. The smallest absolute Gasteiger partial charge is 0.0414 e. The molecule has 0 heteroatoms. The molecule has 72 valence electrons. The lowest BCUT2D eigenvalue weighted by Gasteiger charge is -2.20. The second-order valence-corrected chi connectivity index (χ2v) is 3.65. The van der Waals surface area contributed by atoms with Crippen molar-refractivity contribution in [1.29, 1.82) is 0 Å². The van der Waals surface area contributed by atoms with Gasteiger partial charge in [0, 0.05) is 0 Å². The van der Waals surface area contributed by atoms with E-state index in [0.717, 1.165) is 5.92 Å². The second-order valence-electron chi connectivity index (χ2n) is 3.65. The molecule has 1 rings (SSSR count). The third-order valence-electron chi connectivity index (χ3n) is 2.69. The van der Waals surface area contributed by atoms with Crippen molar-refractivity contribution in [2.75, 3.05) is 0 Å². The van der Waals surface area contributed by atoms with Gasteiger partial charge < -0.3 is 0 Å². The van der Waals surface area contributed by atoms with Crippen LogP contribution in [0.1, 0.15) is 58.3 Å². The van der Waals surface area contributed by atoms with Gasteiger partial charge in [-0.05, 0) is 5.92 Å². The van der Waals surface area contributed by atoms with Crippen LogP contribution < -0.4 is 0 Å². The molecule has 0 heterocycles. The quantitative estimate of drug-likeness (QED) is 0.542. The van der Waals surface area contributed by atoms with Gasteiger partial charge in [-0.15, -0.1) is 13.2 Å². The molecule has 0 aliphatic heterocycles. The predicted octanol–water partition coefficient (Wildman–Crippen LogP) is 4.56. The SMILES string of the molecule is C=C.CCCCC1CCCCC1. The Labute approximate surface area is 78.1 Å². The van der Waals surface area contributed by atoms with Crippen molar-refractivity contribution in [3.8, 4) is 0 Å². The summed E-state index contributed by atoms with van der Waals surface area (Å²) in [6.45, 7) is 8.29. The predicted molar refractivity (Wildman–Crippen MR) is 57.4 cm³/mol. The van der Waals surface area contributed by atoms with Gasteiger partial charge in [0.05, 0.1) is 0 Å². The molecule has 0 aromatic rings. The van der Waals surface area contributed by atoms with Crippen LogP contribution in [0.5, 0.6) is 0 Å². The van der Waals surface area contributed by atoms with Crippen LogP contribution in [0.15, 0.2) is 13.2 Å². The fraction of sp³-hybridized carbons (Fsp3) is 0.833. The lowest BCUT2D eigenvalue weighted by molar-refractivity contribution is 0.331. The Kier molecular flexibility index (Phi) is 8.64. The normalized spacial score (nSPS) is 18.1. The molecule has 0 nitrogen and oxygen atoms in total. The fourth-order valence-corrected chi connectivity index (χ4v) is 1.97. The molecule has 0 N–H and O–H groups in total. The van der Waals surface area contributed by atoms with E-state index in [1.807, 2.05) is 0 Å². The van der Waals surface area contributed by atoms with Crippen molar-refractivity contribution < 1.29 is 0 Å². The summed E-state index contributed by atoms with van der Waals surface area (Å²) in [5, 5.41) is 0. The first-order chi connectivity index (χ1) is 5.93. The third-order valence-corrected chi connectivity index (χ3v) is 2.69. The standard InChI is InChI=1S/C10H20.C2H4/c1-2-3-7-10-8-5-4-6-9-10;1-2/h10H,2-9H2,1H3;1-2H2. The summed E-state index contributed by atoms with van der Waals surface area (Å²) in [6.07, 6.45) is 11.9. The molecule has 1 aliphatic rings. The van der Waals surface area contributed by atoms with Crippen molar-refractivity contribution in [2.24, 2.45) is 5.92 Å².